The molecule has 21 heavy (non-hydrogen) atoms. The second-order valence-corrected chi connectivity index (χ2v) is 7.92. The van der Waals surface area contributed by atoms with Gasteiger partial charge in [0.05, 0.1) is 0 Å². The molecule has 1 aromatic heterocycles. The summed E-state index contributed by atoms with van der Waals surface area (Å²) < 4.78 is 1.19. The molecule has 0 saturated heterocycles. The molecule has 1 N–H and O–H groups in total. The van der Waals surface area contributed by atoms with Crippen molar-refractivity contribution in [2.24, 2.45) is 5.92 Å². The van der Waals surface area contributed by atoms with Crippen LogP contribution >= 0.6 is 27.3 Å². The smallest absolute Gasteiger partial charge is 0.0443 e. The molecule has 1 aliphatic carbocycles. The van der Waals surface area contributed by atoms with Gasteiger partial charge in [0.2, 0.25) is 0 Å². The molecule has 2 aromatic rings. The predicted molar refractivity (Wildman–Crippen MR) is 96.0 cm³/mol. The van der Waals surface area contributed by atoms with Gasteiger partial charge in [0.15, 0.2) is 0 Å². The summed E-state index contributed by atoms with van der Waals surface area (Å²) in [7, 11) is 0. The summed E-state index contributed by atoms with van der Waals surface area (Å²) in [5, 5.41) is 3.74. The van der Waals surface area contributed by atoms with Crippen LogP contribution < -0.4 is 5.32 Å². The zero-order chi connectivity index (χ0) is 14.8. The quantitative estimate of drug-likeness (QED) is 0.669. The Hall–Kier alpha value is -0.640. The molecule has 3 heteroatoms. The Balaban J connectivity index is 1.86. The molecular formula is C18H22BrNS. The molecule has 1 heterocycles. The molecule has 0 spiro atoms. The fourth-order valence-corrected chi connectivity index (χ4v) is 4.52. The molecule has 3 rings (SSSR count). The van der Waals surface area contributed by atoms with Gasteiger partial charge in [-0.1, -0.05) is 34.5 Å². The van der Waals surface area contributed by atoms with Crippen molar-refractivity contribution in [3.8, 4) is 10.4 Å². The highest BCUT2D eigenvalue weighted by Crippen LogP contribution is 2.45. The molecule has 1 atom stereocenters. The number of thiophene rings is 1. The van der Waals surface area contributed by atoms with E-state index in [1.807, 2.05) is 11.3 Å². The number of hydrogen-bond acceptors (Lipinski definition) is 2. The van der Waals surface area contributed by atoms with Crippen LogP contribution in [-0.2, 0) is 0 Å². The first kappa shape index (κ1) is 15.3. The van der Waals surface area contributed by atoms with E-state index in [4.69, 9.17) is 0 Å². The number of halogens is 1. The number of nitrogens with one attached hydrogen (secondary N) is 1. The van der Waals surface area contributed by atoms with E-state index in [0.29, 0.717) is 6.04 Å². The Morgan fingerprint density at radius 3 is 2.81 bits per heavy atom. The van der Waals surface area contributed by atoms with Gasteiger partial charge >= 0.3 is 0 Å². The van der Waals surface area contributed by atoms with Gasteiger partial charge in [0, 0.05) is 25.8 Å². The first-order valence-corrected chi connectivity index (χ1v) is 9.39. The molecule has 1 aromatic carbocycles. The van der Waals surface area contributed by atoms with Crippen molar-refractivity contribution in [3.05, 3.63) is 45.2 Å². The van der Waals surface area contributed by atoms with Crippen molar-refractivity contribution in [3.63, 3.8) is 0 Å². The summed E-state index contributed by atoms with van der Waals surface area (Å²) in [4.78, 5) is 2.86. The minimum atomic E-state index is 0.562. The van der Waals surface area contributed by atoms with Crippen LogP contribution in [0.2, 0.25) is 0 Å². The third-order valence-corrected chi connectivity index (χ3v) is 5.92. The van der Waals surface area contributed by atoms with Crippen molar-refractivity contribution in [2.45, 2.75) is 39.2 Å². The monoisotopic (exact) mass is 363 g/mol. The largest absolute Gasteiger partial charge is 0.309 e. The van der Waals surface area contributed by atoms with Crippen molar-refractivity contribution in [1.29, 1.82) is 0 Å². The van der Waals surface area contributed by atoms with Crippen LogP contribution in [0.25, 0.3) is 10.4 Å². The van der Waals surface area contributed by atoms with Gasteiger partial charge in [-0.05, 0) is 62.9 Å². The standard InChI is InChI=1S/C18H22BrNS/c1-3-10-20-18(13-5-6-13)17-9-8-16(21-17)14-11-12(2)4-7-15(14)19/h4,7-9,11,13,18,20H,3,5-6,10H2,1-2H3. The van der Waals surface area contributed by atoms with Crippen LogP contribution in [0.15, 0.2) is 34.8 Å². The van der Waals surface area contributed by atoms with Gasteiger partial charge in [-0.3, -0.25) is 0 Å². The lowest BCUT2D eigenvalue weighted by molar-refractivity contribution is 0.488. The van der Waals surface area contributed by atoms with Crippen LogP contribution in [0.5, 0.6) is 0 Å². The fourth-order valence-electron chi connectivity index (χ4n) is 2.72. The van der Waals surface area contributed by atoms with Crippen LogP contribution in [0.4, 0.5) is 0 Å². The van der Waals surface area contributed by atoms with E-state index in [1.165, 1.54) is 44.6 Å². The van der Waals surface area contributed by atoms with Crippen molar-refractivity contribution >= 4 is 27.3 Å². The Morgan fingerprint density at radius 2 is 2.10 bits per heavy atom. The zero-order valence-corrected chi connectivity index (χ0v) is 15.1. The average Bonchev–Trinajstić information content (AvgIpc) is 3.19. The lowest BCUT2D eigenvalue weighted by atomic mass is 10.1. The summed E-state index contributed by atoms with van der Waals surface area (Å²) in [5.41, 5.74) is 2.63. The Bertz CT molecular complexity index is 615. The fraction of sp³-hybridized carbons (Fsp3) is 0.444. The normalized spacial score (nSPS) is 16.1. The van der Waals surface area contributed by atoms with Crippen LogP contribution in [0, 0.1) is 12.8 Å². The van der Waals surface area contributed by atoms with Crippen LogP contribution in [-0.4, -0.2) is 6.54 Å². The van der Waals surface area contributed by atoms with E-state index >= 15 is 0 Å². The summed E-state index contributed by atoms with van der Waals surface area (Å²) in [6.07, 6.45) is 3.95. The van der Waals surface area contributed by atoms with Crippen LogP contribution in [0.3, 0.4) is 0 Å². The predicted octanol–water partition coefficient (Wildman–Crippen LogP) is 5.94. The van der Waals surface area contributed by atoms with E-state index in [9.17, 15) is 0 Å². The first-order valence-electron chi connectivity index (χ1n) is 7.78. The van der Waals surface area contributed by atoms with E-state index in [0.717, 1.165) is 12.5 Å². The molecule has 1 fully saturated rings. The van der Waals surface area contributed by atoms with Crippen molar-refractivity contribution < 1.29 is 0 Å². The second kappa shape index (κ2) is 6.64. The topological polar surface area (TPSA) is 12.0 Å². The van der Waals surface area contributed by atoms with Gasteiger partial charge in [0.25, 0.3) is 0 Å². The molecule has 1 aliphatic rings. The van der Waals surface area contributed by atoms with Gasteiger partial charge in [-0.15, -0.1) is 11.3 Å². The second-order valence-electron chi connectivity index (χ2n) is 5.95. The highest BCUT2D eigenvalue weighted by Gasteiger charge is 2.32. The van der Waals surface area contributed by atoms with Gasteiger partial charge in [-0.2, -0.15) is 0 Å². The Kier molecular flexibility index (Phi) is 4.82. The number of benzene rings is 1. The van der Waals surface area contributed by atoms with Crippen molar-refractivity contribution in [2.75, 3.05) is 6.54 Å². The first-order chi connectivity index (χ1) is 10.2. The van der Waals surface area contributed by atoms with Crippen LogP contribution in [0.1, 0.15) is 42.7 Å². The van der Waals surface area contributed by atoms with Gasteiger partial charge in [0.1, 0.15) is 0 Å². The molecule has 0 amide bonds. The molecule has 112 valence electrons. The minimum absolute atomic E-state index is 0.562. The maximum atomic E-state index is 3.74. The van der Waals surface area contributed by atoms with E-state index in [-0.39, 0.29) is 0 Å². The zero-order valence-electron chi connectivity index (χ0n) is 12.7. The molecule has 1 saturated carbocycles. The van der Waals surface area contributed by atoms with E-state index in [2.05, 4.69) is 65.4 Å². The molecule has 1 unspecified atom stereocenters. The van der Waals surface area contributed by atoms with Crippen molar-refractivity contribution in [1.82, 2.24) is 5.32 Å². The SMILES string of the molecule is CCCNC(c1ccc(-c2cc(C)ccc2Br)s1)C1CC1. The molecule has 0 aliphatic heterocycles. The summed E-state index contributed by atoms with van der Waals surface area (Å²) in [6, 6.07) is 11.7. The molecule has 0 bridgehead atoms. The highest BCUT2D eigenvalue weighted by atomic mass is 79.9. The third kappa shape index (κ3) is 3.58. The maximum Gasteiger partial charge on any atom is 0.0443 e. The molecule has 1 nitrogen and oxygen atoms in total. The number of hydrogen-bond donors (Lipinski definition) is 1. The van der Waals surface area contributed by atoms with E-state index in [1.54, 1.807) is 0 Å². The highest BCUT2D eigenvalue weighted by molar-refractivity contribution is 9.10. The maximum absolute atomic E-state index is 3.74. The molecule has 0 radical (unpaired) electrons. The number of rotatable bonds is 6. The average molecular weight is 364 g/mol. The summed E-state index contributed by atoms with van der Waals surface area (Å²) in [5.74, 6) is 0.851. The van der Waals surface area contributed by atoms with Gasteiger partial charge in [-0.25, -0.2) is 0 Å². The molecular weight excluding hydrogens is 342 g/mol. The third-order valence-electron chi connectivity index (χ3n) is 4.03. The Labute approximate surface area is 139 Å². The lowest BCUT2D eigenvalue weighted by Gasteiger charge is -2.16. The Morgan fingerprint density at radius 1 is 1.29 bits per heavy atom. The number of aryl methyl sites for hydroxylation is 1. The summed E-state index contributed by atoms with van der Waals surface area (Å²) in [6.45, 7) is 5.50. The summed E-state index contributed by atoms with van der Waals surface area (Å²) >= 11 is 5.63. The lowest BCUT2D eigenvalue weighted by Crippen LogP contribution is -2.22. The van der Waals surface area contributed by atoms with E-state index < -0.39 is 0 Å². The van der Waals surface area contributed by atoms with Gasteiger partial charge < -0.3 is 5.32 Å². The minimum Gasteiger partial charge on any atom is -0.309 e.